The van der Waals surface area contributed by atoms with Crippen LogP contribution in [0, 0.1) is 0 Å². The molecule has 0 fully saturated rings. The second-order valence-electron chi connectivity index (χ2n) is 4.25. The normalized spacial score (nSPS) is 15.8. The zero-order chi connectivity index (χ0) is 11.5. The van der Waals surface area contributed by atoms with E-state index in [4.69, 9.17) is 9.84 Å². The van der Waals surface area contributed by atoms with Crippen LogP contribution in [0.1, 0.15) is 30.0 Å². The molecule has 1 aromatic carbocycles. The molecule has 0 aromatic heterocycles. The molecule has 86 valence electrons. The summed E-state index contributed by atoms with van der Waals surface area (Å²) in [5.74, 6) is -0.916. The first-order chi connectivity index (χ1) is 7.66. The summed E-state index contributed by atoms with van der Waals surface area (Å²) in [6, 6.07) is 6.29. The first-order valence-corrected chi connectivity index (χ1v) is 5.62. The van der Waals surface area contributed by atoms with Gasteiger partial charge in [-0.15, -0.1) is 0 Å². The van der Waals surface area contributed by atoms with E-state index < -0.39 is 12.1 Å². The minimum atomic E-state index is -0.916. The summed E-state index contributed by atoms with van der Waals surface area (Å²) in [6.45, 7) is 1.93. The minimum absolute atomic E-state index is 0.376. The third-order valence-electron chi connectivity index (χ3n) is 3.01. The van der Waals surface area contributed by atoms with Gasteiger partial charge in [0.15, 0.2) is 6.10 Å². The molecule has 0 aliphatic heterocycles. The summed E-state index contributed by atoms with van der Waals surface area (Å²) in [5.41, 5.74) is 3.88. The molecular formula is C13H16O3. The lowest BCUT2D eigenvalue weighted by Gasteiger charge is -2.09. The van der Waals surface area contributed by atoms with Crippen molar-refractivity contribution < 1.29 is 14.6 Å². The number of aliphatic carboxylic acids is 1. The minimum Gasteiger partial charge on any atom is -0.479 e. The van der Waals surface area contributed by atoms with Crippen LogP contribution in [-0.4, -0.2) is 17.2 Å². The molecule has 0 radical (unpaired) electrons. The van der Waals surface area contributed by atoms with Gasteiger partial charge in [-0.25, -0.2) is 4.79 Å². The number of aryl methyl sites for hydroxylation is 2. The zero-order valence-electron chi connectivity index (χ0n) is 9.40. The molecule has 1 aromatic rings. The Hall–Kier alpha value is -1.35. The monoisotopic (exact) mass is 220 g/mol. The molecule has 1 atom stereocenters. The quantitative estimate of drug-likeness (QED) is 0.845. The fraction of sp³-hybridized carbons (Fsp3) is 0.462. The Bertz CT molecular complexity index is 398. The van der Waals surface area contributed by atoms with Gasteiger partial charge in [0, 0.05) is 0 Å². The van der Waals surface area contributed by atoms with Gasteiger partial charge < -0.3 is 9.84 Å². The molecule has 16 heavy (non-hydrogen) atoms. The Morgan fingerprint density at radius 1 is 1.44 bits per heavy atom. The van der Waals surface area contributed by atoms with Crippen LogP contribution in [0.15, 0.2) is 18.2 Å². The van der Waals surface area contributed by atoms with Gasteiger partial charge in [-0.3, -0.25) is 0 Å². The van der Waals surface area contributed by atoms with Gasteiger partial charge >= 0.3 is 5.97 Å². The average molecular weight is 220 g/mol. The molecule has 3 nitrogen and oxygen atoms in total. The van der Waals surface area contributed by atoms with Crippen LogP contribution in [0.5, 0.6) is 0 Å². The fourth-order valence-electron chi connectivity index (χ4n) is 2.01. The van der Waals surface area contributed by atoms with E-state index in [9.17, 15) is 4.79 Å². The first-order valence-electron chi connectivity index (χ1n) is 5.62. The van der Waals surface area contributed by atoms with Crippen molar-refractivity contribution in [2.45, 2.75) is 38.9 Å². The number of benzene rings is 1. The summed E-state index contributed by atoms with van der Waals surface area (Å²) in [4.78, 5) is 10.6. The average Bonchev–Trinajstić information content (AvgIpc) is 2.72. The van der Waals surface area contributed by atoms with Crippen molar-refractivity contribution >= 4 is 5.97 Å². The third-order valence-corrected chi connectivity index (χ3v) is 3.01. The molecule has 0 unspecified atom stereocenters. The predicted octanol–water partition coefficient (Wildman–Crippen LogP) is 2.17. The number of ether oxygens (including phenoxy) is 1. The van der Waals surface area contributed by atoms with E-state index in [-0.39, 0.29) is 0 Å². The van der Waals surface area contributed by atoms with Gasteiger partial charge in [0.2, 0.25) is 0 Å². The Kier molecular flexibility index (Phi) is 3.25. The van der Waals surface area contributed by atoms with Crippen molar-refractivity contribution in [2.75, 3.05) is 0 Å². The molecule has 0 bridgehead atoms. The maximum Gasteiger partial charge on any atom is 0.332 e. The molecule has 0 saturated carbocycles. The molecule has 1 N–H and O–H groups in total. The predicted molar refractivity (Wildman–Crippen MR) is 60.4 cm³/mol. The number of carboxylic acids is 1. The fourth-order valence-corrected chi connectivity index (χ4v) is 2.01. The van der Waals surface area contributed by atoms with Gasteiger partial charge in [-0.05, 0) is 42.9 Å². The van der Waals surface area contributed by atoms with E-state index in [0.717, 1.165) is 12.0 Å². The van der Waals surface area contributed by atoms with E-state index in [0.29, 0.717) is 6.61 Å². The van der Waals surface area contributed by atoms with E-state index >= 15 is 0 Å². The molecule has 0 amide bonds. The smallest absolute Gasteiger partial charge is 0.332 e. The molecule has 2 rings (SSSR count). The largest absolute Gasteiger partial charge is 0.479 e. The number of carboxylic acid groups (broad SMARTS) is 1. The van der Waals surface area contributed by atoms with Crippen LogP contribution in [-0.2, 0) is 29.0 Å². The van der Waals surface area contributed by atoms with Crippen molar-refractivity contribution in [3.05, 3.63) is 34.9 Å². The standard InChI is InChI=1S/C13H16O3/c1-9(13(14)15)16-8-10-5-6-11-3-2-4-12(11)7-10/h5-7,9H,2-4,8H2,1H3,(H,14,15)/t9-/m0/s1. The van der Waals surface area contributed by atoms with E-state index in [1.54, 1.807) is 6.92 Å². The van der Waals surface area contributed by atoms with Crippen molar-refractivity contribution in [3.63, 3.8) is 0 Å². The lowest BCUT2D eigenvalue weighted by atomic mass is 10.1. The molecule has 0 spiro atoms. The molecule has 3 heteroatoms. The van der Waals surface area contributed by atoms with E-state index in [1.165, 1.54) is 24.0 Å². The summed E-state index contributed by atoms with van der Waals surface area (Å²) in [6.07, 6.45) is 2.79. The highest BCUT2D eigenvalue weighted by atomic mass is 16.5. The van der Waals surface area contributed by atoms with Crippen molar-refractivity contribution in [3.8, 4) is 0 Å². The molecule has 1 aliphatic carbocycles. The SMILES string of the molecule is C[C@H](OCc1ccc2c(c1)CCC2)C(=O)O. The van der Waals surface area contributed by atoms with Crippen LogP contribution in [0.25, 0.3) is 0 Å². The van der Waals surface area contributed by atoms with Gasteiger partial charge in [0.05, 0.1) is 6.61 Å². The van der Waals surface area contributed by atoms with Crippen LogP contribution in [0.4, 0.5) is 0 Å². The molecule has 1 aliphatic rings. The number of fused-ring (bicyclic) bond motifs is 1. The highest BCUT2D eigenvalue weighted by molar-refractivity contribution is 5.71. The summed E-state index contributed by atoms with van der Waals surface area (Å²) in [5, 5.41) is 8.69. The van der Waals surface area contributed by atoms with Crippen LogP contribution >= 0.6 is 0 Å². The van der Waals surface area contributed by atoms with Crippen LogP contribution in [0.3, 0.4) is 0 Å². The maximum absolute atomic E-state index is 10.6. The van der Waals surface area contributed by atoms with Crippen molar-refractivity contribution in [1.29, 1.82) is 0 Å². The lowest BCUT2D eigenvalue weighted by Crippen LogP contribution is -2.19. The van der Waals surface area contributed by atoms with Crippen LogP contribution in [0.2, 0.25) is 0 Å². The summed E-state index contributed by atoms with van der Waals surface area (Å²) in [7, 11) is 0. The van der Waals surface area contributed by atoms with Gasteiger partial charge in [0.1, 0.15) is 0 Å². The lowest BCUT2D eigenvalue weighted by molar-refractivity contribution is -0.149. The number of carbonyl (C=O) groups is 1. The first kappa shape index (κ1) is 11.1. The second-order valence-corrected chi connectivity index (χ2v) is 4.25. The Balaban J connectivity index is 1.98. The molecular weight excluding hydrogens is 204 g/mol. The zero-order valence-corrected chi connectivity index (χ0v) is 9.40. The Morgan fingerprint density at radius 2 is 2.19 bits per heavy atom. The van der Waals surface area contributed by atoms with Crippen molar-refractivity contribution in [1.82, 2.24) is 0 Å². The molecule has 0 heterocycles. The highest BCUT2D eigenvalue weighted by Crippen LogP contribution is 2.23. The third kappa shape index (κ3) is 2.42. The number of hydrogen-bond donors (Lipinski definition) is 1. The highest BCUT2D eigenvalue weighted by Gasteiger charge is 2.13. The van der Waals surface area contributed by atoms with Gasteiger partial charge in [-0.1, -0.05) is 18.2 Å². The summed E-state index contributed by atoms with van der Waals surface area (Å²) < 4.78 is 5.25. The van der Waals surface area contributed by atoms with Crippen LogP contribution < -0.4 is 0 Å². The summed E-state index contributed by atoms with van der Waals surface area (Å²) >= 11 is 0. The van der Waals surface area contributed by atoms with E-state index in [1.807, 2.05) is 6.07 Å². The Morgan fingerprint density at radius 3 is 2.94 bits per heavy atom. The van der Waals surface area contributed by atoms with Gasteiger partial charge in [0.25, 0.3) is 0 Å². The topological polar surface area (TPSA) is 46.5 Å². The Labute approximate surface area is 95.0 Å². The number of rotatable bonds is 4. The molecule has 0 saturated heterocycles. The van der Waals surface area contributed by atoms with Gasteiger partial charge in [-0.2, -0.15) is 0 Å². The van der Waals surface area contributed by atoms with Crippen molar-refractivity contribution in [2.24, 2.45) is 0 Å². The maximum atomic E-state index is 10.6. The number of hydrogen-bond acceptors (Lipinski definition) is 2. The van der Waals surface area contributed by atoms with E-state index in [2.05, 4.69) is 12.1 Å². The second kappa shape index (κ2) is 4.66.